The van der Waals surface area contributed by atoms with Gasteiger partial charge in [0.05, 0.1) is 17.5 Å². The highest BCUT2D eigenvalue weighted by atomic mass is 35.5. The molecule has 1 amide bonds. The lowest BCUT2D eigenvalue weighted by molar-refractivity contribution is 0.0949. The molecule has 2 aromatic carbocycles. The summed E-state index contributed by atoms with van der Waals surface area (Å²) in [6.45, 7) is 0. The SMILES string of the molecule is NC(=O)c1cc(-c2ccc(Cl)cc2)nn(-c2cccc(F)c2)c1=O.OC1CCC1. The van der Waals surface area contributed by atoms with Crippen molar-refractivity contribution in [2.24, 2.45) is 5.73 Å². The molecule has 29 heavy (non-hydrogen) atoms. The molecule has 0 unspecified atom stereocenters. The molecule has 0 aliphatic heterocycles. The maximum atomic E-state index is 13.5. The van der Waals surface area contributed by atoms with Crippen molar-refractivity contribution in [2.45, 2.75) is 25.4 Å². The van der Waals surface area contributed by atoms with Gasteiger partial charge in [-0.3, -0.25) is 9.59 Å². The van der Waals surface area contributed by atoms with Crippen molar-refractivity contribution >= 4 is 17.5 Å². The van der Waals surface area contributed by atoms with E-state index in [4.69, 9.17) is 22.4 Å². The molecule has 1 fully saturated rings. The van der Waals surface area contributed by atoms with Crippen molar-refractivity contribution in [1.82, 2.24) is 9.78 Å². The van der Waals surface area contributed by atoms with Crippen LogP contribution in [0.25, 0.3) is 16.9 Å². The number of nitrogens with two attached hydrogens (primary N) is 1. The number of carbonyl (C=O) groups is 1. The fraction of sp³-hybridized carbons (Fsp3) is 0.190. The summed E-state index contributed by atoms with van der Waals surface area (Å²) in [4.78, 5) is 24.0. The van der Waals surface area contributed by atoms with Crippen LogP contribution in [0.2, 0.25) is 5.02 Å². The molecule has 1 aliphatic rings. The molecular formula is C21H19ClFN3O3. The van der Waals surface area contributed by atoms with E-state index < -0.39 is 17.3 Å². The van der Waals surface area contributed by atoms with Crippen LogP contribution in [-0.2, 0) is 0 Å². The molecule has 6 nitrogen and oxygen atoms in total. The van der Waals surface area contributed by atoms with Crippen LogP contribution < -0.4 is 11.3 Å². The number of hydrogen-bond donors (Lipinski definition) is 2. The van der Waals surface area contributed by atoms with Crippen LogP contribution in [0.1, 0.15) is 29.6 Å². The molecular weight excluding hydrogens is 397 g/mol. The quantitative estimate of drug-likeness (QED) is 0.685. The summed E-state index contributed by atoms with van der Waals surface area (Å²) in [5, 5.41) is 13.2. The van der Waals surface area contributed by atoms with Crippen LogP contribution >= 0.6 is 11.6 Å². The summed E-state index contributed by atoms with van der Waals surface area (Å²) < 4.78 is 14.4. The highest BCUT2D eigenvalue weighted by Crippen LogP contribution is 2.20. The topological polar surface area (TPSA) is 98.2 Å². The predicted octanol–water partition coefficient (Wildman–Crippen LogP) is 3.32. The third kappa shape index (κ3) is 5.07. The summed E-state index contributed by atoms with van der Waals surface area (Å²) in [5.41, 5.74) is 5.50. The van der Waals surface area contributed by atoms with Gasteiger partial charge in [-0.15, -0.1) is 0 Å². The lowest BCUT2D eigenvalue weighted by Crippen LogP contribution is -2.30. The molecule has 0 spiro atoms. The molecule has 3 aromatic rings. The molecule has 1 saturated carbocycles. The van der Waals surface area contributed by atoms with Gasteiger partial charge in [0, 0.05) is 10.6 Å². The van der Waals surface area contributed by atoms with E-state index in [2.05, 4.69) is 5.10 Å². The van der Waals surface area contributed by atoms with Gasteiger partial charge in [0.1, 0.15) is 11.4 Å². The summed E-state index contributed by atoms with van der Waals surface area (Å²) in [5.74, 6) is -1.42. The van der Waals surface area contributed by atoms with E-state index in [1.54, 1.807) is 24.3 Å². The Hall–Kier alpha value is -3.03. The maximum absolute atomic E-state index is 13.5. The number of hydrogen-bond acceptors (Lipinski definition) is 4. The second-order valence-electron chi connectivity index (χ2n) is 6.60. The van der Waals surface area contributed by atoms with E-state index in [1.165, 1.54) is 30.7 Å². The first kappa shape index (κ1) is 20.7. The van der Waals surface area contributed by atoms with Gasteiger partial charge >= 0.3 is 0 Å². The first-order valence-corrected chi connectivity index (χ1v) is 9.37. The highest BCUT2D eigenvalue weighted by Gasteiger charge is 2.15. The number of rotatable bonds is 3. The van der Waals surface area contributed by atoms with Crippen molar-refractivity contribution in [1.29, 1.82) is 0 Å². The maximum Gasteiger partial charge on any atom is 0.284 e. The Morgan fingerprint density at radius 3 is 2.34 bits per heavy atom. The van der Waals surface area contributed by atoms with E-state index in [0.717, 1.165) is 23.6 Å². The molecule has 0 saturated heterocycles. The number of nitrogens with zero attached hydrogens (tertiary/aromatic N) is 2. The minimum atomic E-state index is -0.886. The smallest absolute Gasteiger partial charge is 0.284 e. The van der Waals surface area contributed by atoms with Crippen LogP contribution in [-0.4, -0.2) is 26.9 Å². The Kier molecular flexibility index (Phi) is 6.41. The molecule has 8 heteroatoms. The largest absolute Gasteiger partial charge is 0.393 e. The zero-order valence-corrected chi connectivity index (χ0v) is 16.1. The number of benzene rings is 2. The summed E-state index contributed by atoms with van der Waals surface area (Å²) in [6, 6.07) is 13.3. The van der Waals surface area contributed by atoms with Crippen LogP contribution in [0.5, 0.6) is 0 Å². The number of halogens is 2. The van der Waals surface area contributed by atoms with Gasteiger partial charge in [0.15, 0.2) is 0 Å². The van der Waals surface area contributed by atoms with Crippen molar-refractivity contribution in [3.05, 3.63) is 81.4 Å². The van der Waals surface area contributed by atoms with Crippen molar-refractivity contribution in [2.75, 3.05) is 0 Å². The first-order valence-electron chi connectivity index (χ1n) is 8.99. The number of amides is 1. The lowest BCUT2D eigenvalue weighted by Gasteiger charge is -2.17. The molecule has 1 heterocycles. The van der Waals surface area contributed by atoms with Crippen LogP contribution in [0.15, 0.2) is 59.4 Å². The normalized spacial score (nSPS) is 13.2. The van der Waals surface area contributed by atoms with E-state index in [-0.39, 0.29) is 17.4 Å². The lowest BCUT2D eigenvalue weighted by atomic mass is 9.97. The Bertz CT molecular complexity index is 1080. The molecule has 1 aromatic heterocycles. The number of carbonyl (C=O) groups excluding carboxylic acids is 1. The van der Waals surface area contributed by atoms with Crippen molar-refractivity contribution in [3.8, 4) is 16.9 Å². The third-order valence-corrected chi connectivity index (χ3v) is 4.70. The molecule has 0 bridgehead atoms. The van der Waals surface area contributed by atoms with Gasteiger partial charge in [-0.1, -0.05) is 29.8 Å². The van der Waals surface area contributed by atoms with E-state index in [1.807, 2.05) is 0 Å². The highest BCUT2D eigenvalue weighted by molar-refractivity contribution is 6.30. The first-order chi connectivity index (χ1) is 13.8. The predicted molar refractivity (Wildman–Crippen MR) is 109 cm³/mol. The van der Waals surface area contributed by atoms with Crippen molar-refractivity contribution < 1.29 is 14.3 Å². The Morgan fingerprint density at radius 2 is 1.83 bits per heavy atom. The van der Waals surface area contributed by atoms with Gasteiger partial charge in [0.2, 0.25) is 0 Å². The van der Waals surface area contributed by atoms with E-state index >= 15 is 0 Å². The standard InChI is InChI=1S/C17H11ClFN3O2.C4H8O/c18-11-6-4-10(5-7-11)15-9-14(16(20)23)17(24)22(21-15)13-3-1-2-12(19)8-13;5-4-2-1-3-4/h1-9H,(H2,20,23);4-5H,1-3H2. The van der Waals surface area contributed by atoms with Crippen LogP contribution in [0, 0.1) is 5.82 Å². The van der Waals surface area contributed by atoms with Crippen LogP contribution in [0.3, 0.4) is 0 Å². The van der Waals surface area contributed by atoms with Gasteiger partial charge in [-0.2, -0.15) is 9.78 Å². The third-order valence-electron chi connectivity index (χ3n) is 4.44. The average molecular weight is 416 g/mol. The van der Waals surface area contributed by atoms with Crippen molar-refractivity contribution in [3.63, 3.8) is 0 Å². The summed E-state index contributed by atoms with van der Waals surface area (Å²) in [6.07, 6.45) is 3.39. The molecule has 0 radical (unpaired) electrons. The average Bonchev–Trinajstić information content (AvgIpc) is 2.67. The van der Waals surface area contributed by atoms with Gasteiger partial charge < -0.3 is 10.8 Å². The van der Waals surface area contributed by atoms with Crippen LogP contribution in [0.4, 0.5) is 4.39 Å². The minimum Gasteiger partial charge on any atom is -0.393 e. The van der Waals surface area contributed by atoms with E-state index in [0.29, 0.717) is 16.3 Å². The number of aliphatic hydroxyl groups is 1. The molecule has 0 atom stereocenters. The Balaban J connectivity index is 0.000000419. The molecule has 3 N–H and O–H groups in total. The van der Waals surface area contributed by atoms with E-state index in [9.17, 15) is 14.0 Å². The molecule has 1 aliphatic carbocycles. The number of primary amides is 1. The zero-order chi connectivity index (χ0) is 21.0. The zero-order valence-electron chi connectivity index (χ0n) is 15.4. The fourth-order valence-corrected chi connectivity index (χ4v) is 2.73. The van der Waals surface area contributed by atoms with Gasteiger partial charge in [0.25, 0.3) is 11.5 Å². The second kappa shape index (κ2) is 8.98. The fourth-order valence-electron chi connectivity index (χ4n) is 2.60. The Labute approximate surface area is 171 Å². The van der Waals surface area contributed by atoms with Gasteiger partial charge in [-0.25, -0.2) is 4.39 Å². The number of aliphatic hydroxyl groups excluding tert-OH is 1. The minimum absolute atomic E-state index is 0.0648. The summed E-state index contributed by atoms with van der Waals surface area (Å²) in [7, 11) is 0. The second-order valence-corrected chi connectivity index (χ2v) is 7.03. The number of aromatic nitrogens is 2. The monoisotopic (exact) mass is 415 g/mol. The van der Waals surface area contributed by atoms with Gasteiger partial charge in [-0.05, 0) is 55.7 Å². The molecule has 150 valence electrons. The molecule has 4 rings (SSSR count). The summed E-state index contributed by atoms with van der Waals surface area (Å²) >= 11 is 5.86. The Morgan fingerprint density at radius 1 is 1.17 bits per heavy atom.